The SMILES string of the molecule is CCC(=O)N[C@@H](C(=O)N1CCN(C)CC1)[C@@H](C)c1ccc(NC(=O)[C@@H](NC(=O)c2ccnn2CC)[C@H](OC)c2ccc(F)cc2)c(F)c1. The summed E-state index contributed by atoms with van der Waals surface area (Å²) < 4.78 is 36.5. The minimum Gasteiger partial charge on any atom is -0.374 e. The van der Waals surface area contributed by atoms with Crippen molar-refractivity contribution in [3.63, 3.8) is 0 Å². The molecule has 258 valence electrons. The number of carbonyl (C=O) groups is 4. The number of aromatic nitrogens is 2. The van der Waals surface area contributed by atoms with Gasteiger partial charge >= 0.3 is 0 Å². The Morgan fingerprint density at radius 2 is 1.58 bits per heavy atom. The highest BCUT2D eigenvalue weighted by atomic mass is 19.1. The lowest BCUT2D eigenvalue weighted by molar-refractivity contribution is -0.138. The third-order valence-corrected chi connectivity index (χ3v) is 8.57. The summed E-state index contributed by atoms with van der Waals surface area (Å²) in [5, 5.41) is 12.1. The summed E-state index contributed by atoms with van der Waals surface area (Å²) in [6.45, 7) is 8.06. The zero-order valence-corrected chi connectivity index (χ0v) is 27.8. The van der Waals surface area contributed by atoms with E-state index >= 15 is 4.39 Å². The molecule has 0 aliphatic carbocycles. The van der Waals surface area contributed by atoms with Gasteiger partial charge in [0.25, 0.3) is 5.91 Å². The number of benzene rings is 2. The van der Waals surface area contributed by atoms with Crippen molar-refractivity contribution >= 4 is 29.3 Å². The zero-order valence-electron chi connectivity index (χ0n) is 27.8. The molecule has 0 saturated carbocycles. The number of ether oxygens (including phenoxy) is 1. The molecule has 1 saturated heterocycles. The first kappa shape index (κ1) is 36.2. The first-order valence-corrected chi connectivity index (χ1v) is 15.9. The van der Waals surface area contributed by atoms with Crippen molar-refractivity contribution in [2.24, 2.45) is 0 Å². The fraction of sp³-hybridized carbons (Fsp3) is 0.441. The van der Waals surface area contributed by atoms with E-state index in [1.807, 2.05) is 7.05 Å². The number of hydrogen-bond donors (Lipinski definition) is 3. The molecule has 0 radical (unpaired) electrons. The second kappa shape index (κ2) is 16.4. The summed E-state index contributed by atoms with van der Waals surface area (Å²) in [7, 11) is 3.31. The lowest BCUT2D eigenvalue weighted by Crippen LogP contribution is -2.55. The molecule has 2 heterocycles. The van der Waals surface area contributed by atoms with Gasteiger partial charge in [0, 0.05) is 58.4 Å². The predicted octanol–water partition coefficient (Wildman–Crippen LogP) is 3.08. The number of nitrogens with one attached hydrogen (secondary N) is 3. The largest absolute Gasteiger partial charge is 0.374 e. The summed E-state index contributed by atoms with van der Waals surface area (Å²) in [6, 6.07) is 8.62. The van der Waals surface area contributed by atoms with Gasteiger partial charge in [0.2, 0.25) is 17.7 Å². The Bertz CT molecular complexity index is 1590. The Labute approximate surface area is 278 Å². The van der Waals surface area contributed by atoms with E-state index in [0.29, 0.717) is 43.9 Å². The van der Waals surface area contributed by atoms with E-state index in [2.05, 4.69) is 25.9 Å². The fourth-order valence-electron chi connectivity index (χ4n) is 5.61. The Morgan fingerprint density at radius 3 is 2.19 bits per heavy atom. The van der Waals surface area contributed by atoms with Crippen LogP contribution in [0, 0.1) is 11.6 Å². The molecule has 0 unspecified atom stereocenters. The van der Waals surface area contributed by atoms with Crippen molar-refractivity contribution < 1.29 is 32.7 Å². The lowest BCUT2D eigenvalue weighted by atomic mass is 9.91. The van der Waals surface area contributed by atoms with Crippen LogP contribution in [0.15, 0.2) is 54.7 Å². The van der Waals surface area contributed by atoms with Gasteiger partial charge in [-0.15, -0.1) is 0 Å². The van der Waals surface area contributed by atoms with E-state index in [1.165, 1.54) is 60.5 Å². The molecule has 3 aromatic rings. The number of rotatable bonds is 13. The molecule has 1 fully saturated rings. The topological polar surface area (TPSA) is 138 Å². The monoisotopic (exact) mass is 667 g/mol. The minimum absolute atomic E-state index is 0.178. The second-order valence-corrected chi connectivity index (χ2v) is 11.7. The van der Waals surface area contributed by atoms with Crippen LogP contribution in [0.4, 0.5) is 14.5 Å². The van der Waals surface area contributed by atoms with Crippen molar-refractivity contribution in [2.45, 2.75) is 57.8 Å². The zero-order chi connectivity index (χ0) is 35.0. The summed E-state index contributed by atoms with van der Waals surface area (Å²) in [4.78, 5) is 56.8. The van der Waals surface area contributed by atoms with Gasteiger partial charge in [-0.1, -0.05) is 32.0 Å². The Morgan fingerprint density at radius 1 is 0.917 bits per heavy atom. The maximum absolute atomic E-state index is 15.7. The number of anilines is 1. The van der Waals surface area contributed by atoms with Gasteiger partial charge in [-0.05, 0) is 55.4 Å². The molecule has 3 N–H and O–H groups in total. The number of hydrogen-bond acceptors (Lipinski definition) is 7. The van der Waals surface area contributed by atoms with Gasteiger partial charge in [-0.3, -0.25) is 23.9 Å². The molecule has 1 aromatic heterocycles. The van der Waals surface area contributed by atoms with Gasteiger partial charge < -0.3 is 30.5 Å². The first-order valence-electron chi connectivity index (χ1n) is 15.9. The van der Waals surface area contributed by atoms with Crippen LogP contribution in [0.5, 0.6) is 0 Å². The van der Waals surface area contributed by atoms with Gasteiger partial charge in [0.15, 0.2) is 0 Å². The number of amides is 4. The predicted molar refractivity (Wildman–Crippen MR) is 175 cm³/mol. The van der Waals surface area contributed by atoms with Crippen molar-refractivity contribution in [2.75, 3.05) is 45.7 Å². The highest BCUT2D eigenvalue weighted by Gasteiger charge is 2.35. The summed E-state index contributed by atoms with van der Waals surface area (Å²) in [6.07, 6.45) is 0.562. The van der Waals surface area contributed by atoms with Crippen LogP contribution in [-0.2, 0) is 25.7 Å². The van der Waals surface area contributed by atoms with Crippen molar-refractivity contribution in [1.82, 2.24) is 30.2 Å². The molecule has 2 aromatic carbocycles. The second-order valence-electron chi connectivity index (χ2n) is 11.7. The van der Waals surface area contributed by atoms with E-state index < -0.39 is 47.6 Å². The number of piperazine rings is 1. The van der Waals surface area contributed by atoms with Crippen LogP contribution in [0.3, 0.4) is 0 Å². The average molecular weight is 668 g/mol. The fourth-order valence-corrected chi connectivity index (χ4v) is 5.61. The van der Waals surface area contributed by atoms with Crippen molar-refractivity contribution in [3.05, 3.63) is 83.2 Å². The van der Waals surface area contributed by atoms with E-state index in [0.717, 1.165) is 0 Å². The molecular weight excluding hydrogens is 624 g/mol. The smallest absolute Gasteiger partial charge is 0.270 e. The van der Waals surface area contributed by atoms with E-state index in [9.17, 15) is 23.6 Å². The Hall–Kier alpha value is -4.69. The molecule has 4 atom stereocenters. The van der Waals surface area contributed by atoms with Crippen LogP contribution in [0.1, 0.15) is 60.8 Å². The van der Waals surface area contributed by atoms with E-state index in [1.54, 1.807) is 31.7 Å². The summed E-state index contributed by atoms with van der Waals surface area (Å²) in [5.41, 5.74) is 0.859. The van der Waals surface area contributed by atoms with Crippen molar-refractivity contribution in [1.29, 1.82) is 0 Å². The lowest BCUT2D eigenvalue weighted by Gasteiger charge is -2.36. The van der Waals surface area contributed by atoms with Gasteiger partial charge in [-0.2, -0.15) is 5.10 Å². The molecule has 1 aliphatic heterocycles. The average Bonchev–Trinajstić information content (AvgIpc) is 3.57. The Balaban J connectivity index is 1.59. The normalized spacial score (nSPS) is 16.0. The number of methoxy groups -OCH3 is 1. The molecule has 4 rings (SSSR count). The molecule has 48 heavy (non-hydrogen) atoms. The molecule has 4 amide bonds. The molecule has 0 spiro atoms. The van der Waals surface area contributed by atoms with Gasteiger partial charge in [-0.25, -0.2) is 8.78 Å². The minimum atomic E-state index is -1.37. The third kappa shape index (κ3) is 8.61. The maximum atomic E-state index is 15.7. The molecular formula is C34H43F2N7O5. The number of halogens is 2. The summed E-state index contributed by atoms with van der Waals surface area (Å²) in [5.74, 6) is -3.84. The van der Waals surface area contributed by atoms with Gasteiger partial charge in [0.1, 0.15) is 35.5 Å². The first-order chi connectivity index (χ1) is 23.0. The number of nitrogens with zero attached hydrogens (tertiary/aromatic N) is 4. The van der Waals surface area contributed by atoms with Crippen LogP contribution < -0.4 is 16.0 Å². The van der Waals surface area contributed by atoms with Crippen molar-refractivity contribution in [3.8, 4) is 0 Å². The quantitative estimate of drug-likeness (QED) is 0.255. The van der Waals surface area contributed by atoms with Gasteiger partial charge in [0.05, 0.1) is 5.69 Å². The molecule has 14 heteroatoms. The number of carbonyl (C=O) groups excluding carboxylic acids is 4. The highest BCUT2D eigenvalue weighted by molar-refractivity contribution is 6.01. The third-order valence-electron chi connectivity index (χ3n) is 8.57. The van der Waals surface area contributed by atoms with Crippen LogP contribution >= 0.6 is 0 Å². The molecule has 0 bridgehead atoms. The highest BCUT2D eigenvalue weighted by Crippen LogP contribution is 2.27. The van der Waals surface area contributed by atoms with E-state index in [4.69, 9.17) is 4.74 Å². The number of aryl methyl sites for hydroxylation is 1. The summed E-state index contributed by atoms with van der Waals surface area (Å²) >= 11 is 0. The standard InChI is InChI=1S/C34H43F2N7O5/c1-6-28(44)39-29(34(47)42-18-16-41(4)17-19-42)21(3)23-10-13-26(25(36)20-23)38-33(46)30(31(48-5)22-8-11-24(35)12-9-22)40-32(45)27-14-15-37-43(27)7-2/h8-15,20-21,29-31H,6-7,16-19H2,1-5H3,(H,38,46)(H,39,44)(H,40,45)/t21-,29+,30-,31+/m0/s1. The number of likely N-dealkylation sites (N-methyl/N-ethyl adjacent to an activating group) is 1. The Kier molecular flexibility index (Phi) is 12.4. The maximum Gasteiger partial charge on any atom is 0.270 e. The van der Waals surface area contributed by atoms with Crippen LogP contribution in [0.2, 0.25) is 0 Å². The van der Waals surface area contributed by atoms with Crippen LogP contribution in [-0.4, -0.2) is 95.6 Å². The molecule has 1 aliphatic rings. The van der Waals surface area contributed by atoms with Crippen LogP contribution in [0.25, 0.3) is 0 Å². The molecule has 12 nitrogen and oxygen atoms in total. The van der Waals surface area contributed by atoms with E-state index in [-0.39, 0.29) is 29.6 Å².